The Morgan fingerprint density at radius 2 is 1.66 bits per heavy atom. The number of hydrogen-bond acceptors (Lipinski definition) is 5. The number of nitrogens with one attached hydrogen (secondary N) is 1. The van der Waals surface area contributed by atoms with Crippen LogP contribution in [0.1, 0.15) is 31.2 Å². The molecule has 1 saturated heterocycles. The third-order valence-corrected chi connectivity index (χ3v) is 5.28. The number of amides is 1. The van der Waals surface area contributed by atoms with E-state index in [1.165, 1.54) is 19.3 Å². The number of carbonyl (C=O) groups excluding carboxylic acids is 1. The lowest BCUT2D eigenvalue weighted by atomic mass is 10.1. The summed E-state index contributed by atoms with van der Waals surface area (Å²) in [5.74, 6) is 1.73. The van der Waals surface area contributed by atoms with Gasteiger partial charge in [-0.15, -0.1) is 0 Å². The molecule has 6 heteroatoms. The van der Waals surface area contributed by atoms with Gasteiger partial charge in [-0.2, -0.15) is 0 Å². The van der Waals surface area contributed by atoms with Gasteiger partial charge in [-0.05, 0) is 49.4 Å². The molecular weight excluding hydrogens is 368 g/mol. The SMILES string of the molecule is COc1ccc(CCC(=O)Nc2ccccc2N2CCCCC2)c(OC)c1OC. The first-order valence-electron chi connectivity index (χ1n) is 10.1. The fourth-order valence-corrected chi connectivity index (χ4v) is 3.81. The van der Waals surface area contributed by atoms with E-state index < -0.39 is 0 Å². The monoisotopic (exact) mass is 398 g/mol. The van der Waals surface area contributed by atoms with Gasteiger partial charge in [0.1, 0.15) is 0 Å². The van der Waals surface area contributed by atoms with Crippen LogP contribution in [0.5, 0.6) is 17.2 Å². The van der Waals surface area contributed by atoms with Crippen molar-refractivity contribution in [3.63, 3.8) is 0 Å². The lowest BCUT2D eigenvalue weighted by Gasteiger charge is -2.30. The Bertz CT molecular complexity index is 832. The van der Waals surface area contributed by atoms with E-state index in [-0.39, 0.29) is 5.91 Å². The minimum absolute atomic E-state index is 0.0219. The third kappa shape index (κ3) is 4.94. The summed E-state index contributed by atoms with van der Waals surface area (Å²) in [4.78, 5) is 15.0. The van der Waals surface area contributed by atoms with Gasteiger partial charge in [0.2, 0.25) is 11.7 Å². The number of aryl methyl sites for hydroxylation is 1. The Morgan fingerprint density at radius 1 is 0.931 bits per heavy atom. The van der Waals surface area contributed by atoms with Crippen molar-refractivity contribution in [2.45, 2.75) is 32.1 Å². The Labute approximate surface area is 172 Å². The minimum atomic E-state index is -0.0219. The molecule has 1 aliphatic rings. The summed E-state index contributed by atoms with van der Waals surface area (Å²) >= 11 is 0. The zero-order valence-corrected chi connectivity index (χ0v) is 17.5. The van der Waals surface area contributed by atoms with Crippen LogP contribution in [-0.2, 0) is 11.2 Å². The molecule has 1 N–H and O–H groups in total. The molecule has 6 nitrogen and oxygen atoms in total. The zero-order valence-electron chi connectivity index (χ0n) is 17.5. The molecule has 29 heavy (non-hydrogen) atoms. The molecule has 0 saturated carbocycles. The molecule has 2 aromatic rings. The first kappa shape index (κ1) is 20.8. The largest absolute Gasteiger partial charge is 0.493 e. The first-order chi connectivity index (χ1) is 14.2. The summed E-state index contributed by atoms with van der Waals surface area (Å²) in [6.45, 7) is 2.07. The number of nitrogens with zero attached hydrogens (tertiary/aromatic N) is 1. The summed E-state index contributed by atoms with van der Waals surface area (Å²) in [6.07, 6.45) is 4.56. The third-order valence-electron chi connectivity index (χ3n) is 5.28. The van der Waals surface area contributed by atoms with Gasteiger partial charge in [0, 0.05) is 19.5 Å². The van der Waals surface area contributed by atoms with Crippen LogP contribution in [-0.4, -0.2) is 40.3 Å². The van der Waals surface area contributed by atoms with Crippen molar-refractivity contribution >= 4 is 17.3 Å². The number of carbonyl (C=O) groups is 1. The highest BCUT2D eigenvalue weighted by Gasteiger charge is 2.18. The van der Waals surface area contributed by atoms with Gasteiger partial charge in [0.25, 0.3) is 0 Å². The van der Waals surface area contributed by atoms with Crippen molar-refractivity contribution < 1.29 is 19.0 Å². The zero-order chi connectivity index (χ0) is 20.6. The molecule has 0 spiro atoms. The molecule has 1 fully saturated rings. The maximum Gasteiger partial charge on any atom is 0.224 e. The van der Waals surface area contributed by atoms with E-state index in [0.717, 1.165) is 30.0 Å². The first-order valence-corrected chi connectivity index (χ1v) is 10.1. The molecule has 2 aromatic carbocycles. The normalized spacial score (nSPS) is 13.7. The number of para-hydroxylation sites is 2. The van der Waals surface area contributed by atoms with Crippen LogP contribution < -0.4 is 24.4 Å². The van der Waals surface area contributed by atoms with E-state index in [0.29, 0.717) is 30.1 Å². The van der Waals surface area contributed by atoms with Gasteiger partial charge in [-0.3, -0.25) is 4.79 Å². The Kier molecular flexibility index (Phi) is 7.22. The number of methoxy groups -OCH3 is 3. The van der Waals surface area contributed by atoms with Crippen molar-refractivity contribution in [2.24, 2.45) is 0 Å². The summed E-state index contributed by atoms with van der Waals surface area (Å²) in [6, 6.07) is 11.8. The summed E-state index contributed by atoms with van der Waals surface area (Å²) < 4.78 is 16.3. The predicted molar refractivity (Wildman–Crippen MR) is 116 cm³/mol. The van der Waals surface area contributed by atoms with Crippen LogP contribution in [0.2, 0.25) is 0 Å². The van der Waals surface area contributed by atoms with Crippen molar-refractivity contribution in [3.05, 3.63) is 42.0 Å². The highest BCUT2D eigenvalue weighted by Crippen LogP contribution is 2.40. The quantitative estimate of drug-likeness (QED) is 0.719. The Hall–Kier alpha value is -2.89. The van der Waals surface area contributed by atoms with E-state index in [2.05, 4.69) is 16.3 Å². The Morgan fingerprint density at radius 3 is 2.34 bits per heavy atom. The topological polar surface area (TPSA) is 60.0 Å². The van der Waals surface area contributed by atoms with Gasteiger partial charge in [0.05, 0.1) is 32.7 Å². The second-order valence-electron chi connectivity index (χ2n) is 7.11. The Balaban J connectivity index is 1.68. The molecular formula is C23H30N2O4. The second kappa shape index (κ2) is 10.0. The van der Waals surface area contributed by atoms with Gasteiger partial charge >= 0.3 is 0 Å². The summed E-state index contributed by atoms with van der Waals surface area (Å²) in [5.41, 5.74) is 2.88. The van der Waals surface area contributed by atoms with E-state index in [4.69, 9.17) is 14.2 Å². The number of benzene rings is 2. The van der Waals surface area contributed by atoms with Gasteiger partial charge in [-0.1, -0.05) is 18.2 Å². The number of rotatable bonds is 8. The minimum Gasteiger partial charge on any atom is -0.493 e. The van der Waals surface area contributed by atoms with Gasteiger partial charge < -0.3 is 24.4 Å². The van der Waals surface area contributed by atoms with Crippen LogP contribution in [0.15, 0.2) is 36.4 Å². The number of ether oxygens (including phenoxy) is 3. The van der Waals surface area contributed by atoms with Gasteiger partial charge in [-0.25, -0.2) is 0 Å². The van der Waals surface area contributed by atoms with E-state index in [9.17, 15) is 4.79 Å². The van der Waals surface area contributed by atoms with E-state index >= 15 is 0 Å². The standard InChI is InChI=1S/C23H30N2O4/c1-27-20-13-11-17(22(28-2)23(20)29-3)12-14-21(26)24-18-9-5-6-10-19(18)25-15-7-4-8-16-25/h5-6,9-11,13H,4,7-8,12,14-16H2,1-3H3,(H,24,26). The van der Waals surface area contributed by atoms with Crippen LogP contribution in [0.25, 0.3) is 0 Å². The average Bonchev–Trinajstić information content (AvgIpc) is 2.77. The molecule has 0 atom stereocenters. The average molecular weight is 399 g/mol. The molecule has 1 heterocycles. The summed E-state index contributed by atoms with van der Waals surface area (Å²) in [5, 5.41) is 3.09. The molecule has 0 unspecified atom stereocenters. The van der Waals surface area contributed by atoms with Crippen molar-refractivity contribution in [3.8, 4) is 17.2 Å². The molecule has 156 valence electrons. The van der Waals surface area contributed by atoms with Crippen molar-refractivity contribution in [2.75, 3.05) is 44.6 Å². The molecule has 1 aliphatic heterocycles. The van der Waals surface area contributed by atoms with Crippen LogP contribution >= 0.6 is 0 Å². The van der Waals surface area contributed by atoms with E-state index in [1.54, 1.807) is 21.3 Å². The molecule has 0 aliphatic carbocycles. The van der Waals surface area contributed by atoms with Crippen LogP contribution in [0.3, 0.4) is 0 Å². The maximum absolute atomic E-state index is 12.7. The van der Waals surface area contributed by atoms with Gasteiger partial charge in [0.15, 0.2) is 11.5 Å². The molecule has 0 bridgehead atoms. The fraction of sp³-hybridized carbons (Fsp3) is 0.435. The van der Waals surface area contributed by atoms with Crippen LogP contribution in [0, 0.1) is 0 Å². The number of anilines is 2. The fourth-order valence-electron chi connectivity index (χ4n) is 3.81. The highest BCUT2D eigenvalue weighted by molar-refractivity contribution is 5.94. The van der Waals surface area contributed by atoms with Crippen molar-refractivity contribution in [1.29, 1.82) is 0 Å². The summed E-state index contributed by atoms with van der Waals surface area (Å²) in [7, 11) is 4.76. The molecule has 0 radical (unpaired) electrons. The van der Waals surface area contributed by atoms with Crippen molar-refractivity contribution in [1.82, 2.24) is 0 Å². The number of hydrogen-bond donors (Lipinski definition) is 1. The maximum atomic E-state index is 12.7. The predicted octanol–water partition coefficient (Wildman–Crippen LogP) is 4.27. The second-order valence-corrected chi connectivity index (χ2v) is 7.11. The lowest BCUT2D eigenvalue weighted by molar-refractivity contribution is -0.116. The lowest BCUT2D eigenvalue weighted by Crippen LogP contribution is -2.30. The van der Waals surface area contributed by atoms with E-state index in [1.807, 2.05) is 30.3 Å². The molecule has 1 amide bonds. The molecule has 0 aromatic heterocycles. The van der Waals surface area contributed by atoms with Crippen LogP contribution in [0.4, 0.5) is 11.4 Å². The smallest absolute Gasteiger partial charge is 0.224 e. The number of piperidine rings is 1. The molecule has 3 rings (SSSR count). The highest BCUT2D eigenvalue weighted by atomic mass is 16.5.